The molecule has 1 heterocycles. The van der Waals surface area contributed by atoms with Crippen molar-refractivity contribution in [3.05, 3.63) is 30.2 Å². The lowest BCUT2D eigenvalue weighted by molar-refractivity contribution is 0.908. The van der Waals surface area contributed by atoms with Gasteiger partial charge in [0.15, 0.2) is 0 Å². The SMILES string of the molecule is [CH2]c1ncc(CC)nc1CC. The Bertz CT molecular complexity index is 243. The average molecular weight is 149 g/mol. The molecule has 0 aliphatic rings. The van der Waals surface area contributed by atoms with Crippen molar-refractivity contribution in [1.29, 1.82) is 0 Å². The normalized spacial score (nSPS) is 10.1. The smallest absolute Gasteiger partial charge is 0.0622 e. The molecule has 0 atom stereocenters. The molecule has 1 radical (unpaired) electrons. The van der Waals surface area contributed by atoms with Gasteiger partial charge < -0.3 is 0 Å². The fourth-order valence-corrected chi connectivity index (χ4v) is 0.947. The molecule has 0 bridgehead atoms. The van der Waals surface area contributed by atoms with Crippen LogP contribution in [-0.4, -0.2) is 9.97 Å². The van der Waals surface area contributed by atoms with Crippen LogP contribution in [0.25, 0.3) is 0 Å². The zero-order valence-electron chi connectivity index (χ0n) is 7.09. The molecular formula is C9H13N2. The van der Waals surface area contributed by atoms with Gasteiger partial charge in [0.1, 0.15) is 0 Å². The second-order valence-corrected chi connectivity index (χ2v) is 2.46. The minimum atomic E-state index is 0.810. The van der Waals surface area contributed by atoms with Crippen LogP contribution in [0.1, 0.15) is 30.9 Å². The van der Waals surface area contributed by atoms with Crippen molar-refractivity contribution in [2.75, 3.05) is 0 Å². The fourth-order valence-electron chi connectivity index (χ4n) is 0.947. The molecule has 2 heteroatoms. The lowest BCUT2D eigenvalue weighted by Gasteiger charge is -2.02. The van der Waals surface area contributed by atoms with Crippen LogP contribution in [0.2, 0.25) is 0 Å². The molecule has 0 fully saturated rings. The van der Waals surface area contributed by atoms with Gasteiger partial charge in [-0.1, -0.05) is 13.8 Å². The third-order valence-corrected chi connectivity index (χ3v) is 1.68. The van der Waals surface area contributed by atoms with E-state index in [1.54, 1.807) is 6.20 Å². The van der Waals surface area contributed by atoms with Crippen LogP contribution in [0.4, 0.5) is 0 Å². The predicted octanol–water partition coefficient (Wildman–Crippen LogP) is 1.78. The van der Waals surface area contributed by atoms with E-state index in [-0.39, 0.29) is 0 Å². The van der Waals surface area contributed by atoms with Gasteiger partial charge in [-0.05, 0) is 19.8 Å². The summed E-state index contributed by atoms with van der Waals surface area (Å²) in [7, 11) is 0. The maximum Gasteiger partial charge on any atom is 0.0622 e. The van der Waals surface area contributed by atoms with E-state index >= 15 is 0 Å². The molecule has 0 amide bonds. The first-order valence-electron chi connectivity index (χ1n) is 3.94. The average Bonchev–Trinajstić information content (AvgIpc) is 2.05. The second kappa shape index (κ2) is 3.46. The van der Waals surface area contributed by atoms with E-state index in [9.17, 15) is 0 Å². The zero-order chi connectivity index (χ0) is 8.27. The summed E-state index contributed by atoms with van der Waals surface area (Å²) >= 11 is 0. The second-order valence-electron chi connectivity index (χ2n) is 2.46. The number of aromatic nitrogens is 2. The minimum Gasteiger partial charge on any atom is -0.257 e. The number of rotatable bonds is 2. The van der Waals surface area contributed by atoms with E-state index < -0.39 is 0 Å². The molecular weight excluding hydrogens is 136 g/mol. The van der Waals surface area contributed by atoms with Gasteiger partial charge in [-0.25, -0.2) is 0 Å². The molecule has 0 N–H and O–H groups in total. The van der Waals surface area contributed by atoms with Crippen LogP contribution in [-0.2, 0) is 12.8 Å². The van der Waals surface area contributed by atoms with Crippen molar-refractivity contribution in [2.45, 2.75) is 26.7 Å². The van der Waals surface area contributed by atoms with E-state index in [1.165, 1.54) is 0 Å². The molecule has 11 heavy (non-hydrogen) atoms. The fraction of sp³-hybridized carbons (Fsp3) is 0.444. The molecule has 0 unspecified atom stereocenters. The van der Waals surface area contributed by atoms with Gasteiger partial charge in [0.05, 0.1) is 17.1 Å². The number of hydrogen-bond acceptors (Lipinski definition) is 2. The standard InChI is InChI=1S/C9H13N2/c1-4-8-6-10-7(3)9(5-2)11-8/h6H,3-5H2,1-2H3. The third kappa shape index (κ3) is 1.76. The Hall–Kier alpha value is -0.920. The third-order valence-electron chi connectivity index (χ3n) is 1.68. The van der Waals surface area contributed by atoms with Crippen LogP contribution in [0.15, 0.2) is 6.20 Å². The molecule has 0 saturated carbocycles. The highest BCUT2D eigenvalue weighted by Crippen LogP contribution is 2.03. The van der Waals surface area contributed by atoms with E-state index in [4.69, 9.17) is 0 Å². The van der Waals surface area contributed by atoms with Crippen LogP contribution >= 0.6 is 0 Å². The molecule has 1 aromatic heterocycles. The highest BCUT2D eigenvalue weighted by Gasteiger charge is 1.99. The summed E-state index contributed by atoms with van der Waals surface area (Å²) in [6.07, 6.45) is 3.65. The quantitative estimate of drug-likeness (QED) is 0.640. The first kappa shape index (κ1) is 8.18. The summed E-state index contributed by atoms with van der Waals surface area (Å²) in [4.78, 5) is 8.53. The minimum absolute atomic E-state index is 0.810. The summed E-state index contributed by atoms with van der Waals surface area (Å²) in [6, 6.07) is 0. The summed E-state index contributed by atoms with van der Waals surface area (Å²) < 4.78 is 0. The topological polar surface area (TPSA) is 25.8 Å². The maximum atomic E-state index is 4.38. The number of aryl methyl sites for hydroxylation is 2. The molecule has 0 aromatic carbocycles. The summed E-state index contributed by atoms with van der Waals surface area (Å²) in [5.41, 5.74) is 2.88. The van der Waals surface area contributed by atoms with Gasteiger partial charge >= 0.3 is 0 Å². The van der Waals surface area contributed by atoms with Gasteiger partial charge in [-0.2, -0.15) is 0 Å². The molecule has 59 valence electrons. The number of hydrogen-bond donors (Lipinski definition) is 0. The van der Waals surface area contributed by atoms with Crippen LogP contribution in [0.5, 0.6) is 0 Å². The molecule has 0 aliphatic heterocycles. The highest BCUT2D eigenvalue weighted by molar-refractivity contribution is 5.16. The van der Waals surface area contributed by atoms with Crippen LogP contribution in [0, 0.1) is 6.92 Å². The highest BCUT2D eigenvalue weighted by atomic mass is 14.8. The monoisotopic (exact) mass is 149 g/mol. The van der Waals surface area contributed by atoms with E-state index in [1.807, 2.05) is 0 Å². The first-order chi connectivity index (χ1) is 5.27. The van der Waals surface area contributed by atoms with Gasteiger partial charge in [-0.15, -0.1) is 0 Å². The lowest BCUT2D eigenvalue weighted by Crippen LogP contribution is -1.99. The molecule has 1 rings (SSSR count). The summed E-state index contributed by atoms with van der Waals surface area (Å²) in [5, 5.41) is 0. The van der Waals surface area contributed by atoms with E-state index in [2.05, 4.69) is 30.7 Å². The van der Waals surface area contributed by atoms with Gasteiger partial charge in [-0.3, -0.25) is 9.97 Å². The van der Waals surface area contributed by atoms with Crippen LogP contribution in [0.3, 0.4) is 0 Å². The largest absolute Gasteiger partial charge is 0.257 e. The van der Waals surface area contributed by atoms with E-state index in [0.29, 0.717) is 0 Å². The van der Waals surface area contributed by atoms with E-state index in [0.717, 1.165) is 29.9 Å². The van der Waals surface area contributed by atoms with Crippen molar-refractivity contribution >= 4 is 0 Å². The Kier molecular flexibility index (Phi) is 2.58. The first-order valence-corrected chi connectivity index (χ1v) is 3.94. The molecule has 2 nitrogen and oxygen atoms in total. The number of nitrogens with zero attached hydrogens (tertiary/aromatic N) is 2. The molecule has 0 spiro atoms. The molecule has 1 aromatic rings. The Morgan fingerprint density at radius 1 is 1.36 bits per heavy atom. The van der Waals surface area contributed by atoms with Crippen molar-refractivity contribution in [3.8, 4) is 0 Å². The maximum absolute atomic E-state index is 4.38. The Morgan fingerprint density at radius 3 is 2.64 bits per heavy atom. The Morgan fingerprint density at radius 2 is 2.09 bits per heavy atom. The Balaban J connectivity index is 3.02. The van der Waals surface area contributed by atoms with Crippen LogP contribution < -0.4 is 0 Å². The summed E-state index contributed by atoms with van der Waals surface area (Å²) in [6.45, 7) is 7.94. The van der Waals surface area contributed by atoms with Crippen molar-refractivity contribution in [1.82, 2.24) is 9.97 Å². The van der Waals surface area contributed by atoms with Crippen molar-refractivity contribution < 1.29 is 0 Å². The molecule has 0 aliphatic carbocycles. The summed E-state index contributed by atoms with van der Waals surface area (Å²) in [5.74, 6) is 0. The van der Waals surface area contributed by atoms with Gasteiger partial charge in [0, 0.05) is 6.20 Å². The van der Waals surface area contributed by atoms with Gasteiger partial charge in [0.25, 0.3) is 0 Å². The van der Waals surface area contributed by atoms with Gasteiger partial charge in [0.2, 0.25) is 0 Å². The lowest BCUT2D eigenvalue weighted by atomic mass is 10.2. The van der Waals surface area contributed by atoms with Crippen molar-refractivity contribution in [2.24, 2.45) is 0 Å². The predicted molar refractivity (Wildman–Crippen MR) is 45.2 cm³/mol. The zero-order valence-corrected chi connectivity index (χ0v) is 7.09. The molecule has 0 saturated heterocycles. The van der Waals surface area contributed by atoms with Crippen molar-refractivity contribution in [3.63, 3.8) is 0 Å². The Labute approximate surface area is 67.7 Å².